The van der Waals surface area contributed by atoms with Crippen LogP contribution in [0.25, 0.3) is 0 Å². The second kappa shape index (κ2) is 7.43. The number of nitrogens with zero attached hydrogens (tertiary/aromatic N) is 3. The van der Waals surface area contributed by atoms with E-state index in [4.69, 9.17) is 0 Å². The van der Waals surface area contributed by atoms with Gasteiger partial charge in [-0.05, 0) is 25.0 Å². The summed E-state index contributed by atoms with van der Waals surface area (Å²) in [5, 5.41) is 4.77. The van der Waals surface area contributed by atoms with Crippen LogP contribution in [0.4, 0.5) is 18.9 Å². The van der Waals surface area contributed by atoms with Gasteiger partial charge >= 0.3 is 6.18 Å². The van der Waals surface area contributed by atoms with Crippen LogP contribution in [0.1, 0.15) is 23.2 Å². The number of nitrogens with one attached hydrogen (secondary N) is 1. The predicted octanol–water partition coefficient (Wildman–Crippen LogP) is 3.73. The largest absolute Gasteiger partial charge is 0.434 e. The third kappa shape index (κ3) is 4.12. The van der Waals surface area contributed by atoms with Crippen LogP contribution in [0.5, 0.6) is 0 Å². The van der Waals surface area contributed by atoms with Crippen molar-refractivity contribution in [1.29, 1.82) is 0 Å². The van der Waals surface area contributed by atoms with E-state index in [9.17, 15) is 13.2 Å². The van der Waals surface area contributed by atoms with Crippen molar-refractivity contribution in [2.45, 2.75) is 25.9 Å². The van der Waals surface area contributed by atoms with Crippen molar-refractivity contribution in [3.63, 3.8) is 0 Å². The fourth-order valence-electron chi connectivity index (χ4n) is 2.77. The number of hydrogen-bond acceptors (Lipinski definition) is 3. The number of fused-ring (bicyclic) bond motifs is 1. The van der Waals surface area contributed by atoms with Gasteiger partial charge in [-0.2, -0.15) is 13.2 Å². The highest BCUT2D eigenvalue weighted by Crippen LogP contribution is 2.30. The molecule has 1 aromatic carbocycles. The van der Waals surface area contributed by atoms with Gasteiger partial charge in [-0.3, -0.25) is 4.99 Å². The number of aliphatic imine (C=N–C) groups is 1. The van der Waals surface area contributed by atoms with Crippen LogP contribution in [-0.4, -0.2) is 30.6 Å². The molecule has 4 nitrogen and oxygen atoms in total. The van der Waals surface area contributed by atoms with Crippen LogP contribution >= 0.6 is 11.3 Å². The molecule has 8 heteroatoms. The van der Waals surface area contributed by atoms with Gasteiger partial charge in [0.05, 0.1) is 5.01 Å². The zero-order chi connectivity index (χ0) is 17.9. The van der Waals surface area contributed by atoms with E-state index in [2.05, 4.69) is 32.3 Å². The number of aromatic nitrogens is 1. The maximum atomic E-state index is 12.6. The standard InChI is InChI=1S/C17H19F3N4S/c1-2-21-16(24-10-8-12-5-3-4-6-13(12)24)22-9-7-15-23-14(11-25-15)17(18,19)20/h3-6,11H,2,7-10H2,1H3,(H,21,22). The second-order valence-corrected chi connectivity index (χ2v) is 6.58. The zero-order valence-corrected chi connectivity index (χ0v) is 14.6. The van der Waals surface area contributed by atoms with Gasteiger partial charge in [0.15, 0.2) is 11.7 Å². The van der Waals surface area contributed by atoms with E-state index in [-0.39, 0.29) is 0 Å². The summed E-state index contributed by atoms with van der Waals surface area (Å²) in [4.78, 5) is 10.4. The lowest BCUT2D eigenvalue weighted by atomic mass is 10.2. The highest BCUT2D eigenvalue weighted by molar-refractivity contribution is 7.09. The van der Waals surface area contributed by atoms with Crippen LogP contribution < -0.4 is 10.2 Å². The number of hydrogen-bond donors (Lipinski definition) is 1. The molecule has 0 bridgehead atoms. The summed E-state index contributed by atoms with van der Waals surface area (Å²) in [7, 11) is 0. The maximum absolute atomic E-state index is 12.6. The molecule has 0 saturated carbocycles. The Morgan fingerprint density at radius 3 is 2.88 bits per heavy atom. The third-order valence-electron chi connectivity index (χ3n) is 3.91. The fraction of sp³-hybridized carbons (Fsp3) is 0.412. The first-order chi connectivity index (χ1) is 12.0. The van der Waals surface area contributed by atoms with Gasteiger partial charge in [0.1, 0.15) is 0 Å². The molecule has 1 N–H and O–H groups in total. The van der Waals surface area contributed by atoms with E-state index in [1.165, 1.54) is 5.56 Å². The van der Waals surface area contributed by atoms with Crippen LogP contribution in [-0.2, 0) is 19.0 Å². The molecule has 134 valence electrons. The van der Waals surface area contributed by atoms with Gasteiger partial charge in [-0.15, -0.1) is 11.3 Å². The number of anilines is 1. The highest BCUT2D eigenvalue weighted by atomic mass is 32.1. The summed E-state index contributed by atoms with van der Waals surface area (Å²) >= 11 is 1.03. The minimum Gasteiger partial charge on any atom is -0.356 e. The van der Waals surface area contributed by atoms with Gasteiger partial charge in [0.25, 0.3) is 0 Å². The Kier molecular flexibility index (Phi) is 5.27. The molecule has 1 aliphatic heterocycles. The number of benzene rings is 1. The van der Waals surface area contributed by atoms with E-state index in [0.717, 1.165) is 47.9 Å². The normalized spacial score (nSPS) is 14.7. The first kappa shape index (κ1) is 17.7. The predicted molar refractivity (Wildman–Crippen MR) is 94.3 cm³/mol. The van der Waals surface area contributed by atoms with Crippen molar-refractivity contribution in [3.8, 4) is 0 Å². The number of thiazole rings is 1. The third-order valence-corrected chi connectivity index (χ3v) is 4.82. The molecule has 0 aliphatic carbocycles. The number of halogens is 3. The molecule has 0 saturated heterocycles. The van der Waals surface area contributed by atoms with Gasteiger partial charge in [0, 0.05) is 37.1 Å². The van der Waals surface area contributed by atoms with Gasteiger partial charge in [-0.25, -0.2) is 4.98 Å². The van der Waals surface area contributed by atoms with Crippen molar-refractivity contribution in [2.75, 3.05) is 24.5 Å². The molecular weight excluding hydrogens is 349 g/mol. The SMILES string of the molecule is CCNC(=NCCc1nc(C(F)(F)F)cs1)N1CCc2ccccc21. The second-order valence-electron chi connectivity index (χ2n) is 5.64. The molecule has 0 radical (unpaired) electrons. The van der Waals surface area contributed by atoms with E-state index in [1.807, 2.05) is 19.1 Å². The Morgan fingerprint density at radius 1 is 1.36 bits per heavy atom. The Hall–Kier alpha value is -2.09. The van der Waals surface area contributed by atoms with E-state index in [0.29, 0.717) is 18.0 Å². The molecule has 1 aliphatic rings. The summed E-state index contributed by atoms with van der Waals surface area (Å²) in [6.07, 6.45) is -3.03. The molecule has 0 fully saturated rings. The number of alkyl halides is 3. The van der Waals surface area contributed by atoms with Gasteiger partial charge in [0.2, 0.25) is 0 Å². The smallest absolute Gasteiger partial charge is 0.356 e. The summed E-state index contributed by atoms with van der Waals surface area (Å²) in [5.74, 6) is 0.764. The maximum Gasteiger partial charge on any atom is 0.434 e. The molecule has 0 unspecified atom stereocenters. The molecule has 0 spiro atoms. The Balaban J connectivity index is 1.68. The van der Waals surface area contributed by atoms with Gasteiger partial charge < -0.3 is 10.2 Å². The lowest BCUT2D eigenvalue weighted by molar-refractivity contribution is -0.140. The summed E-state index contributed by atoms with van der Waals surface area (Å²) in [6.45, 7) is 3.97. The van der Waals surface area contributed by atoms with Crippen LogP contribution in [0.2, 0.25) is 0 Å². The zero-order valence-electron chi connectivity index (χ0n) is 13.8. The highest BCUT2D eigenvalue weighted by Gasteiger charge is 2.33. The first-order valence-corrected chi connectivity index (χ1v) is 9.02. The minimum absolute atomic E-state index is 0.394. The molecule has 25 heavy (non-hydrogen) atoms. The average molecular weight is 368 g/mol. The van der Waals surface area contributed by atoms with E-state index >= 15 is 0 Å². The van der Waals surface area contributed by atoms with Crippen molar-refractivity contribution < 1.29 is 13.2 Å². The summed E-state index contributed by atoms with van der Waals surface area (Å²) < 4.78 is 37.8. The average Bonchev–Trinajstić information content (AvgIpc) is 3.21. The minimum atomic E-state index is -4.38. The van der Waals surface area contributed by atoms with E-state index < -0.39 is 11.9 Å². The Bertz CT molecular complexity index is 754. The molecular formula is C17H19F3N4S. The number of guanidine groups is 1. The van der Waals surface area contributed by atoms with Crippen molar-refractivity contribution >= 4 is 23.0 Å². The first-order valence-electron chi connectivity index (χ1n) is 8.14. The lowest BCUT2D eigenvalue weighted by Gasteiger charge is -2.22. The number of para-hydroxylation sites is 1. The van der Waals surface area contributed by atoms with E-state index in [1.54, 1.807) is 0 Å². The topological polar surface area (TPSA) is 40.5 Å². The van der Waals surface area contributed by atoms with Crippen molar-refractivity contribution in [1.82, 2.24) is 10.3 Å². The molecule has 3 rings (SSSR count). The van der Waals surface area contributed by atoms with Crippen LogP contribution in [0.3, 0.4) is 0 Å². The monoisotopic (exact) mass is 368 g/mol. The quantitative estimate of drug-likeness (QED) is 0.660. The van der Waals surface area contributed by atoms with Crippen molar-refractivity contribution in [2.24, 2.45) is 4.99 Å². The Morgan fingerprint density at radius 2 is 2.16 bits per heavy atom. The summed E-state index contributed by atoms with van der Waals surface area (Å²) in [5.41, 5.74) is 1.59. The molecule has 0 atom stereocenters. The van der Waals surface area contributed by atoms with Crippen molar-refractivity contribution in [3.05, 3.63) is 45.9 Å². The fourth-order valence-corrected chi connectivity index (χ4v) is 3.56. The molecule has 2 aromatic rings. The van der Waals surface area contributed by atoms with Gasteiger partial charge in [-0.1, -0.05) is 18.2 Å². The lowest BCUT2D eigenvalue weighted by Crippen LogP contribution is -2.40. The van der Waals surface area contributed by atoms with Crippen LogP contribution in [0.15, 0.2) is 34.6 Å². The molecule has 0 amide bonds. The molecule has 1 aromatic heterocycles. The number of rotatable bonds is 4. The van der Waals surface area contributed by atoms with Crippen LogP contribution in [0, 0.1) is 0 Å². The Labute approximate surface area is 148 Å². The summed E-state index contributed by atoms with van der Waals surface area (Å²) in [6, 6.07) is 8.18. The molecule has 2 heterocycles.